The SMILES string of the molecule is CC(C)CNC(=O)[C@H]1CC(=O)N(c2ccc(S(=O)(=O)N3CCC(C)CC3)cc2)C1. The van der Waals surface area contributed by atoms with Gasteiger partial charge in [-0.15, -0.1) is 0 Å². The lowest BCUT2D eigenvalue weighted by molar-refractivity contribution is -0.126. The minimum absolute atomic E-state index is 0.104. The number of amides is 2. The van der Waals surface area contributed by atoms with E-state index in [1.54, 1.807) is 29.2 Å². The summed E-state index contributed by atoms with van der Waals surface area (Å²) >= 11 is 0. The lowest BCUT2D eigenvalue weighted by Gasteiger charge is -2.29. The predicted octanol–water partition coefficient (Wildman–Crippen LogP) is 2.23. The molecule has 8 heteroatoms. The van der Waals surface area contributed by atoms with Crippen molar-refractivity contribution in [3.8, 4) is 0 Å². The van der Waals surface area contributed by atoms with Gasteiger partial charge in [0.1, 0.15) is 0 Å². The fourth-order valence-electron chi connectivity index (χ4n) is 3.75. The highest BCUT2D eigenvalue weighted by Crippen LogP contribution is 2.28. The van der Waals surface area contributed by atoms with E-state index in [0.717, 1.165) is 12.8 Å². The van der Waals surface area contributed by atoms with Crippen molar-refractivity contribution in [3.05, 3.63) is 24.3 Å². The first-order chi connectivity index (χ1) is 13.7. The molecule has 0 unspecified atom stereocenters. The molecule has 29 heavy (non-hydrogen) atoms. The maximum atomic E-state index is 12.9. The van der Waals surface area contributed by atoms with Crippen LogP contribution in [0.4, 0.5) is 5.69 Å². The lowest BCUT2D eigenvalue weighted by Crippen LogP contribution is -2.37. The Balaban J connectivity index is 1.67. The van der Waals surface area contributed by atoms with Crippen LogP contribution >= 0.6 is 0 Å². The third kappa shape index (κ3) is 4.98. The normalized spacial score (nSPS) is 21.7. The standard InChI is InChI=1S/C21H31N3O4S/c1-15(2)13-22-21(26)17-12-20(25)24(14-17)18-4-6-19(7-5-18)29(27,28)23-10-8-16(3)9-11-23/h4-7,15-17H,8-14H2,1-3H3,(H,22,26)/t17-/m0/s1. The Bertz CT molecular complexity index is 843. The van der Waals surface area contributed by atoms with E-state index in [1.807, 2.05) is 13.8 Å². The quantitative estimate of drug-likeness (QED) is 0.763. The van der Waals surface area contributed by atoms with E-state index in [1.165, 1.54) is 4.31 Å². The van der Waals surface area contributed by atoms with Gasteiger partial charge in [0.2, 0.25) is 21.8 Å². The van der Waals surface area contributed by atoms with Gasteiger partial charge in [0, 0.05) is 38.3 Å². The Labute approximate surface area is 173 Å². The first-order valence-corrected chi connectivity index (χ1v) is 11.8. The van der Waals surface area contributed by atoms with Crippen molar-refractivity contribution in [1.29, 1.82) is 0 Å². The number of piperidine rings is 1. The minimum atomic E-state index is -3.51. The second-order valence-electron chi connectivity index (χ2n) is 8.62. The zero-order valence-corrected chi connectivity index (χ0v) is 18.2. The molecule has 1 atom stereocenters. The molecule has 2 saturated heterocycles. The van der Waals surface area contributed by atoms with Crippen molar-refractivity contribution in [2.45, 2.75) is 44.9 Å². The summed E-state index contributed by atoms with van der Waals surface area (Å²) in [6, 6.07) is 6.43. The van der Waals surface area contributed by atoms with Crippen LogP contribution in [0.1, 0.15) is 40.0 Å². The highest BCUT2D eigenvalue weighted by molar-refractivity contribution is 7.89. The molecule has 0 saturated carbocycles. The van der Waals surface area contributed by atoms with E-state index in [-0.39, 0.29) is 29.0 Å². The fraction of sp³-hybridized carbons (Fsp3) is 0.619. The summed E-state index contributed by atoms with van der Waals surface area (Å²) in [7, 11) is -3.51. The molecule has 2 heterocycles. The van der Waals surface area contributed by atoms with Crippen LogP contribution in [0.3, 0.4) is 0 Å². The van der Waals surface area contributed by atoms with Gasteiger partial charge in [0.15, 0.2) is 0 Å². The average molecular weight is 422 g/mol. The summed E-state index contributed by atoms with van der Waals surface area (Å²) in [5, 5.41) is 2.88. The zero-order chi connectivity index (χ0) is 21.2. The number of hydrogen-bond donors (Lipinski definition) is 1. The third-order valence-corrected chi connectivity index (χ3v) is 7.62. The summed E-state index contributed by atoms with van der Waals surface area (Å²) in [5.41, 5.74) is 0.625. The first kappa shape index (κ1) is 21.8. The number of carbonyl (C=O) groups excluding carboxylic acids is 2. The van der Waals surface area contributed by atoms with Crippen LogP contribution in [-0.2, 0) is 19.6 Å². The number of rotatable bonds is 6. The highest BCUT2D eigenvalue weighted by atomic mass is 32.2. The molecule has 2 aliphatic rings. The van der Waals surface area contributed by atoms with Gasteiger partial charge in [0.05, 0.1) is 10.8 Å². The molecule has 0 aliphatic carbocycles. The monoisotopic (exact) mass is 421 g/mol. The molecule has 1 N–H and O–H groups in total. The van der Waals surface area contributed by atoms with Crippen LogP contribution in [0.2, 0.25) is 0 Å². The van der Waals surface area contributed by atoms with E-state index < -0.39 is 10.0 Å². The molecule has 2 fully saturated rings. The topological polar surface area (TPSA) is 86.8 Å². The van der Waals surface area contributed by atoms with E-state index in [0.29, 0.717) is 43.7 Å². The number of anilines is 1. The van der Waals surface area contributed by atoms with E-state index in [4.69, 9.17) is 0 Å². The molecule has 1 aromatic carbocycles. The number of benzene rings is 1. The summed E-state index contributed by atoms with van der Waals surface area (Å²) in [5.74, 6) is 0.309. The van der Waals surface area contributed by atoms with Crippen LogP contribution in [0.15, 0.2) is 29.2 Å². The molecule has 1 aromatic rings. The number of nitrogens with zero attached hydrogens (tertiary/aromatic N) is 2. The second-order valence-corrected chi connectivity index (χ2v) is 10.6. The summed E-state index contributed by atoms with van der Waals surface area (Å²) in [4.78, 5) is 26.5. The van der Waals surface area contributed by atoms with Gasteiger partial charge < -0.3 is 10.2 Å². The Morgan fingerprint density at radius 1 is 1.17 bits per heavy atom. The van der Waals surface area contributed by atoms with E-state index in [2.05, 4.69) is 12.2 Å². The first-order valence-electron chi connectivity index (χ1n) is 10.4. The largest absolute Gasteiger partial charge is 0.356 e. The zero-order valence-electron chi connectivity index (χ0n) is 17.4. The molecule has 2 aliphatic heterocycles. The van der Waals surface area contributed by atoms with Crippen molar-refractivity contribution in [2.75, 3.05) is 31.1 Å². The summed E-state index contributed by atoms with van der Waals surface area (Å²) in [6.45, 7) is 8.18. The average Bonchev–Trinajstić information content (AvgIpc) is 3.08. The van der Waals surface area contributed by atoms with Crippen molar-refractivity contribution >= 4 is 27.5 Å². The van der Waals surface area contributed by atoms with Crippen LogP contribution < -0.4 is 10.2 Å². The Morgan fingerprint density at radius 2 is 1.79 bits per heavy atom. The Morgan fingerprint density at radius 3 is 2.38 bits per heavy atom. The van der Waals surface area contributed by atoms with Crippen molar-refractivity contribution in [2.24, 2.45) is 17.8 Å². The van der Waals surface area contributed by atoms with E-state index >= 15 is 0 Å². The van der Waals surface area contributed by atoms with Gasteiger partial charge in [-0.1, -0.05) is 20.8 Å². The minimum Gasteiger partial charge on any atom is -0.356 e. The number of carbonyl (C=O) groups is 2. The van der Waals surface area contributed by atoms with Crippen molar-refractivity contribution in [1.82, 2.24) is 9.62 Å². The molecule has 7 nitrogen and oxygen atoms in total. The molecule has 0 bridgehead atoms. The van der Waals surface area contributed by atoms with Gasteiger partial charge in [0.25, 0.3) is 0 Å². The summed E-state index contributed by atoms with van der Waals surface area (Å²) in [6.07, 6.45) is 1.93. The van der Waals surface area contributed by atoms with Gasteiger partial charge in [-0.3, -0.25) is 9.59 Å². The van der Waals surface area contributed by atoms with Gasteiger partial charge in [-0.2, -0.15) is 4.31 Å². The smallest absolute Gasteiger partial charge is 0.243 e. The molecule has 2 amide bonds. The van der Waals surface area contributed by atoms with Crippen molar-refractivity contribution < 1.29 is 18.0 Å². The molecule has 160 valence electrons. The van der Waals surface area contributed by atoms with Crippen LogP contribution in [0.5, 0.6) is 0 Å². The highest BCUT2D eigenvalue weighted by Gasteiger charge is 2.35. The maximum absolute atomic E-state index is 12.9. The van der Waals surface area contributed by atoms with Crippen LogP contribution in [0.25, 0.3) is 0 Å². The van der Waals surface area contributed by atoms with Crippen LogP contribution in [0, 0.1) is 17.8 Å². The molecule has 3 rings (SSSR count). The Kier molecular flexibility index (Phi) is 6.63. The molecule has 0 radical (unpaired) electrons. The molecule has 0 aromatic heterocycles. The Hall–Kier alpha value is -1.93. The van der Waals surface area contributed by atoms with Gasteiger partial charge in [-0.05, 0) is 48.9 Å². The number of sulfonamides is 1. The van der Waals surface area contributed by atoms with Crippen molar-refractivity contribution in [3.63, 3.8) is 0 Å². The molecular formula is C21H31N3O4S. The summed E-state index contributed by atoms with van der Waals surface area (Å²) < 4.78 is 27.2. The van der Waals surface area contributed by atoms with E-state index in [9.17, 15) is 18.0 Å². The van der Waals surface area contributed by atoms with Gasteiger partial charge in [-0.25, -0.2) is 8.42 Å². The molecular weight excluding hydrogens is 390 g/mol. The predicted molar refractivity (Wildman–Crippen MR) is 112 cm³/mol. The second kappa shape index (κ2) is 8.83. The van der Waals surface area contributed by atoms with Gasteiger partial charge >= 0.3 is 0 Å². The third-order valence-electron chi connectivity index (χ3n) is 5.71. The lowest BCUT2D eigenvalue weighted by atomic mass is 10.0. The maximum Gasteiger partial charge on any atom is 0.243 e. The fourth-order valence-corrected chi connectivity index (χ4v) is 5.22. The number of nitrogens with one attached hydrogen (secondary N) is 1. The molecule has 0 spiro atoms. The number of hydrogen-bond acceptors (Lipinski definition) is 4. The van der Waals surface area contributed by atoms with Crippen LogP contribution in [-0.4, -0.2) is 50.7 Å².